The first-order valence-electron chi connectivity index (χ1n) is 8.52. The summed E-state index contributed by atoms with van der Waals surface area (Å²) in [6, 6.07) is 8.55. The molecule has 0 spiro atoms. The van der Waals surface area contributed by atoms with Gasteiger partial charge in [0.05, 0.1) is 43.5 Å². The van der Waals surface area contributed by atoms with Gasteiger partial charge in [0.1, 0.15) is 12.3 Å². The number of nitrogens with zero attached hydrogens (tertiary/aromatic N) is 1. The fraction of sp³-hybridized carbons (Fsp3) is 0.316. The van der Waals surface area contributed by atoms with Crippen molar-refractivity contribution >= 4 is 33.3 Å². The Hall–Kier alpha value is -2.65. The van der Waals surface area contributed by atoms with E-state index in [2.05, 4.69) is 0 Å². The molecule has 0 aliphatic carbocycles. The molecule has 10 heteroatoms. The van der Waals surface area contributed by atoms with Gasteiger partial charge in [0, 0.05) is 6.07 Å². The topological polar surface area (TPSA) is 91.4 Å². The number of ether oxygens (including phenoxy) is 4. The largest absolute Gasteiger partial charge is 0.495 e. The van der Waals surface area contributed by atoms with Crippen LogP contribution in [0.4, 0.5) is 5.69 Å². The van der Waals surface area contributed by atoms with E-state index in [9.17, 15) is 13.2 Å². The molecule has 29 heavy (non-hydrogen) atoms. The molecule has 0 atom stereocenters. The average Bonchev–Trinajstić information content (AvgIpc) is 2.71. The normalized spacial score (nSPS) is 10.9. The summed E-state index contributed by atoms with van der Waals surface area (Å²) in [5.41, 5.74) is 0.197. The number of halogens is 1. The van der Waals surface area contributed by atoms with Gasteiger partial charge in [-0.2, -0.15) is 0 Å². The van der Waals surface area contributed by atoms with Crippen molar-refractivity contribution < 1.29 is 32.2 Å². The average molecular weight is 444 g/mol. The van der Waals surface area contributed by atoms with E-state index in [4.69, 9.17) is 30.5 Å². The number of anilines is 1. The van der Waals surface area contributed by atoms with Crippen LogP contribution in [0, 0.1) is 0 Å². The molecule has 0 bridgehead atoms. The SMILES string of the molecule is CCOC(=O)CN(c1ccc(OC)c(OC)c1)S(=O)(=O)c1ccc(OC)c(Cl)c1. The Labute approximate surface area is 174 Å². The quantitative estimate of drug-likeness (QED) is 0.550. The molecule has 2 aromatic rings. The second-order valence-corrected chi connectivity index (χ2v) is 7.92. The summed E-state index contributed by atoms with van der Waals surface area (Å²) >= 11 is 6.09. The predicted octanol–water partition coefficient (Wildman–Crippen LogP) is 3.12. The van der Waals surface area contributed by atoms with Crippen LogP contribution in [-0.4, -0.2) is 48.9 Å². The number of carbonyl (C=O) groups excluding carboxylic acids is 1. The summed E-state index contributed by atoms with van der Waals surface area (Å²) in [5, 5.41) is 0.122. The van der Waals surface area contributed by atoms with Crippen LogP contribution in [0.25, 0.3) is 0 Å². The maximum atomic E-state index is 13.3. The van der Waals surface area contributed by atoms with Crippen LogP contribution in [-0.2, 0) is 19.6 Å². The highest BCUT2D eigenvalue weighted by atomic mass is 35.5. The van der Waals surface area contributed by atoms with Gasteiger partial charge >= 0.3 is 5.97 Å². The number of methoxy groups -OCH3 is 3. The van der Waals surface area contributed by atoms with Crippen molar-refractivity contribution in [2.24, 2.45) is 0 Å². The number of carbonyl (C=O) groups is 1. The third-order valence-electron chi connectivity index (χ3n) is 3.94. The van der Waals surface area contributed by atoms with Crippen LogP contribution in [0.5, 0.6) is 17.2 Å². The monoisotopic (exact) mass is 443 g/mol. The van der Waals surface area contributed by atoms with Crippen molar-refractivity contribution in [1.29, 1.82) is 0 Å². The summed E-state index contributed by atoms with van der Waals surface area (Å²) in [6.45, 7) is 1.22. The summed E-state index contributed by atoms with van der Waals surface area (Å²) in [4.78, 5) is 12.0. The molecule has 0 fully saturated rings. The Morgan fingerprint density at radius 3 is 2.14 bits per heavy atom. The van der Waals surface area contributed by atoms with Gasteiger partial charge in [-0.25, -0.2) is 8.42 Å². The van der Waals surface area contributed by atoms with Crippen LogP contribution in [0.2, 0.25) is 5.02 Å². The van der Waals surface area contributed by atoms with Crippen LogP contribution in [0.1, 0.15) is 6.92 Å². The summed E-state index contributed by atoms with van der Waals surface area (Å²) in [6.07, 6.45) is 0. The lowest BCUT2D eigenvalue weighted by atomic mass is 10.2. The molecule has 0 saturated carbocycles. The highest BCUT2D eigenvalue weighted by Gasteiger charge is 2.29. The lowest BCUT2D eigenvalue weighted by molar-refractivity contribution is -0.141. The molecule has 2 rings (SSSR count). The molecule has 8 nitrogen and oxygen atoms in total. The summed E-state index contributed by atoms with van der Waals surface area (Å²) in [7, 11) is 0.147. The highest BCUT2D eigenvalue weighted by Crippen LogP contribution is 2.35. The molecule has 0 heterocycles. The van der Waals surface area contributed by atoms with Crippen LogP contribution in [0.3, 0.4) is 0 Å². The minimum absolute atomic E-state index is 0.109. The van der Waals surface area contributed by atoms with Gasteiger partial charge in [-0.3, -0.25) is 9.10 Å². The van der Waals surface area contributed by atoms with E-state index in [1.807, 2.05) is 0 Å². The molecule has 0 unspecified atom stereocenters. The van der Waals surface area contributed by atoms with E-state index in [1.165, 1.54) is 51.7 Å². The van der Waals surface area contributed by atoms with Crippen molar-refractivity contribution in [2.45, 2.75) is 11.8 Å². The molecular formula is C19H22ClNO7S. The van der Waals surface area contributed by atoms with Crippen molar-refractivity contribution in [1.82, 2.24) is 0 Å². The predicted molar refractivity (Wildman–Crippen MR) is 109 cm³/mol. The van der Waals surface area contributed by atoms with Gasteiger partial charge in [-0.1, -0.05) is 11.6 Å². The Morgan fingerprint density at radius 2 is 1.59 bits per heavy atom. The fourth-order valence-electron chi connectivity index (χ4n) is 2.55. The Balaban J connectivity index is 2.58. The number of benzene rings is 2. The minimum Gasteiger partial charge on any atom is -0.495 e. The van der Waals surface area contributed by atoms with Gasteiger partial charge in [0.25, 0.3) is 10.0 Å². The molecule has 2 aromatic carbocycles. The first-order valence-corrected chi connectivity index (χ1v) is 10.3. The van der Waals surface area contributed by atoms with E-state index in [0.29, 0.717) is 17.2 Å². The second kappa shape index (κ2) is 9.71. The maximum absolute atomic E-state index is 13.3. The maximum Gasteiger partial charge on any atom is 0.326 e. The highest BCUT2D eigenvalue weighted by molar-refractivity contribution is 7.92. The van der Waals surface area contributed by atoms with Crippen molar-refractivity contribution in [3.63, 3.8) is 0 Å². The van der Waals surface area contributed by atoms with E-state index in [1.54, 1.807) is 13.0 Å². The number of rotatable bonds is 9. The molecule has 0 N–H and O–H groups in total. The number of hydrogen-bond donors (Lipinski definition) is 0. The third-order valence-corrected chi connectivity index (χ3v) is 6.01. The Kier molecular flexibility index (Phi) is 7.58. The molecule has 0 aliphatic rings. The molecule has 0 saturated heterocycles. The standard InChI is InChI=1S/C19H22ClNO7S/c1-5-28-19(22)12-21(13-6-8-17(26-3)18(10-13)27-4)29(23,24)14-7-9-16(25-2)15(20)11-14/h6-11H,5,12H2,1-4H3. The van der Waals surface area contributed by atoms with E-state index < -0.39 is 22.5 Å². The molecular weight excluding hydrogens is 422 g/mol. The zero-order chi connectivity index (χ0) is 21.6. The van der Waals surface area contributed by atoms with E-state index in [-0.39, 0.29) is 22.2 Å². The zero-order valence-corrected chi connectivity index (χ0v) is 18.0. The van der Waals surface area contributed by atoms with Gasteiger partial charge < -0.3 is 18.9 Å². The van der Waals surface area contributed by atoms with Crippen molar-refractivity contribution in [2.75, 3.05) is 38.8 Å². The van der Waals surface area contributed by atoms with Gasteiger partial charge in [-0.15, -0.1) is 0 Å². The lowest BCUT2D eigenvalue weighted by Gasteiger charge is -2.24. The van der Waals surface area contributed by atoms with Gasteiger partial charge in [0.15, 0.2) is 11.5 Å². The lowest BCUT2D eigenvalue weighted by Crippen LogP contribution is -2.36. The van der Waals surface area contributed by atoms with Crippen LogP contribution in [0.15, 0.2) is 41.3 Å². The Bertz CT molecular complexity index is 979. The first kappa shape index (κ1) is 22.6. The number of sulfonamides is 1. The third kappa shape index (κ3) is 5.04. The summed E-state index contributed by atoms with van der Waals surface area (Å²) < 4.78 is 48.0. The van der Waals surface area contributed by atoms with E-state index in [0.717, 1.165) is 4.31 Å². The van der Waals surface area contributed by atoms with Crippen molar-refractivity contribution in [3.05, 3.63) is 41.4 Å². The van der Waals surface area contributed by atoms with Crippen LogP contribution >= 0.6 is 11.6 Å². The van der Waals surface area contributed by atoms with Crippen LogP contribution < -0.4 is 18.5 Å². The van der Waals surface area contributed by atoms with Crippen molar-refractivity contribution in [3.8, 4) is 17.2 Å². The number of esters is 1. The minimum atomic E-state index is -4.16. The smallest absolute Gasteiger partial charge is 0.326 e. The van der Waals surface area contributed by atoms with Gasteiger partial charge in [0.2, 0.25) is 0 Å². The molecule has 0 amide bonds. The Morgan fingerprint density at radius 1 is 0.966 bits per heavy atom. The zero-order valence-electron chi connectivity index (χ0n) is 16.5. The molecule has 158 valence electrons. The second-order valence-electron chi connectivity index (χ2n) is 5.65. The fourth-order valence-corrected chi connectivity index (χ4v) is 4.30. The number of hydrogen-bond acceptors (Lipinski definition) is 7. The molecule has 0 aliphatic heterocycles. The van der Waals surface area contributed by atoms with E-state index >= 15 is 0 Å². The molecule has 0 aromatic heterocycles. The first-order chi connectivity index (χ1) is 13.8. The molecule has 0 radical (unpaired) electrons. The van der Waals surface area contributed by atoms with Gasteiger partial charge in [-0.05, 0) is 37.3 Å². The summed E-state index contributed by atoms with van der Waals surface area (Å²) in [5.74, 6) is 0.346.